The van der Waals surface area contributed by atoms with Gasteiger partial charge in [0.15, 0.2) is 0 Å². The minimum Gasteiger partial charge on any atom is -0.477 e. The van der Waals surface area contributed by atoms with Crippen LogP contribution in [-0.4, -0.2) is 16.2 Å². The number of rotatable bonds is 3. The van der Waals surface area contributed by atoms with Gasteiger partial charge in [-0.1, -0.05) is 37.5 Å². The normalized spacial score (nSPS) is 16.3. The number of hydrogen-bond acceptors (Lipinski definition) is 2. The second-order valence-corrected chi connectivity index (χ2v) is 6.57. The molecule has 23 heavy (non-hydrogen) atoms. The lowest BCUT2D eigenvalue weighted by Crippen LogP contribution is -2.12. The highest BCUT2D eigenvalue weighted by Gasteiger charge is 2.21. The zero-order valence-electron chi connectivity index (χ0n) is 14.0. The molecule has 0 N–H and O–H groups in total. The summed E-state index contributed by atoms with van der Waals surface area (Å²) in [7, 11) is 0. The van der Waals surface area contributed by atoms with Gasteiger partial charge in [-0.3, -0.25) is 0 Å². The van der Waals surface area contributed by atoms with Crippen molar-refractivity contribution in [2.75, 3.05) is 6.61 Å². The summed E-state index contributed by atoms with van der Waals surface area (Å²) in [5, 5.41) is 3.70. The number of benzene rings is 1. The number of hydrogen-bond donors (Lipinski definition) is 0. The number of pyridine rings is 1. The van der Waals surface area contributed by atoms with E-state index in [0.29, 0.717) is 12.6 Å². The van der Waals surface area contributed by atoms with Gasteiger partial charge in [0.1, 0.15) is 0 Å². The standard InChI is InChI=1S/C20H24N2O/c1-3-23-20-19-14(2)22(15-9-5-4-6-10-15)13-17(19)16-11-7-8-12-18(16)21-20/h7-8,11-13,15H,3-6,9-10H2,1-2H3. The Bertz CT molecular complexity index is 844. The first-order chi connectivity index (χ1) is 11.3. The van der Waals surface area contributed by atoms with Crippen molar-refractivity contribution >= 4 is 21.7 Å². The van der Waals surface area contributed by atoms with Crippen LogP contribution < -0.4 is 4.74 Å². The van der Waals surface area contributed by atoms with Crippen molar-refractivity contribution in [1.82, 2.24) is 9.55 Å². The molecule has 2 aromatic heterocycles. The van der Waals surface area contributed by atoms with Crippen LogP contribution in [0, 0.1) is 6.92 Å². The number of nitrogens with zero attached hydrogens (tertiary/aromatic N) is 2. The average molecular weight is 308 g/mol. The Morgan fingerprint density at radius 3 is 2.70 bits per heavy atom. The van der Waals surface area contributed by atoms with Crippen molar-refractivity contribution in [2.45, 2.75) is 52.0 Å². The smallest absolute Gasteiger partial charge is 0.223 e. The Kier molecular flexibility index (Phi) is 3.72. The first kappa shape index (κ1) is 14.6. The minimum atomic E-state index is 0.629. The fourth-order valence-corrected chi connectivity index (χ4v) is 4.04. The van der Waals surface area contributed by atoms with E-state index in [1.165, 1.54) is 54.0 Å². The summed E-state index contributed by atoms with van der Waals surface area (Å²) in [6.07, 6.45) is 8.98. The second-order valence-electron chi connectivity index (χ2n) is 6.57. The molecule has 0 spiro atoms. The molecule has 1 aliphatic carbocycles. The van der Waals surface area contributed by atoms with Gasteiger partial charge in [-0.05, 0) is 32.8 Å². The van der Waals surface area contributed by atoms with Crippen LogP contribution in [0.1, 0.15) is 50.8 Å². The Balaban J connectivity index is 1.98. The molecule has 0 bridgehead atoms. The van der Waals surface area contributed by atoms with Crippen LogP contribution in [-0.2, 0) is 0 Å². The first-order valence-electron chi connectivity index (χ1n) is 8.82. The van der Waals surface area contributed by atoms with E-state index in [-0.39, 0.29) is 0 Å². The predicted octanol–water partition coefficient (Wildman–Crippen LogP) is 5.40. The van der Waals surface area contributed by atoms with Gasteiger partial charge in [0, 0.05) is 28.7 Å². The van der Waals surface area contributed by atoms with Crippen molar-refractivity contribution in [1.29, 1.82) is 0 Å². The third-order valence-electron chi connectivity index (χ3n) is 5.17. The lowest BCUT2D eigenvalue weighted by Gasteiger charge is -2.24. The van der Waals surface area contributed by atoms with E-state index >= 15 is 0 Å². The highest BCUT2D eigenvalue weighted by Crippen LogP contribution is 2.38. The quantitative estimate of drug-likeness (QED) is 0.647. The summed E-state index contributed by atoms with van der Waals surface area (Å²) in [4.78, 5) is 4.78. The van der Waals surface area contributed by atoms with E-state index in [2.05, 4.69) is 35.9 Å². The molecule has 0 aliphatic heterocycles. The molecule has 0 atom stereocenters. The van der Waals surface area contributed by atoms with Crippen molar-refractivity contribution in [3.05, 3.63) is 36.2 Å². The Labute approximate surface area is 137 Å². The van der Waals surface area contributed by atoms with Crippen LogP contribution in [0.25, 0.3) is 21.7 Å². The van der Waals surface area contributed by atoms with Crippen LogP contribution in [0.2, 0.25) is 0 Å². The summed E-state index contributed by atoms with van der Waals surface area (Å²) < 4.78 is 8.37. The molecule has 2 heterocycles. The monoisotopic (exact) mass is 308 g/mol. The van der Waals surface area contributed by atoms with Gasteiger partial charge in [-0.2, -0.15) is 0 Å². The molecule has 4 rings (SSSR count). The molecular formula is C20H24N2O. The number of fused-ring (bicyclic) bond motifs is 3. The van der Waals surface area contributed by atoms with Gasteiger partial charge in [0.2, 0.25) is 5.88 Å². The van der Waals surface area contributed by atoms with Crippen molar-refractivity contribution < 1.29 is 4.74 Å². The maximum absolute atomic E-state index is 5.88. The largest absolute Gasteiger partial charge is 0.477 e. The number of ether oxygens (including phenoxy) is 1. The minimum absolute atomic E-state index is 0.629. The van der Waals surface area contributed by atoms with Crippen LogP contribution >= 0.6 is 0 Å². The molecule has 0 saturated heterocycles. The van der Waals surface area contributed by atoms with Crippen LogP contribution in [0.4, 0.5) is 0 Å². The highest BCUT2D eigenvalue weighted by molar-refractivity contribution is 6.09. The molecule has 120 valence electrons. The van der Waals surface area contributed by atoms with Gasteiger partial charge in [0.25, 0.3) is 0 Å². The average Bonchev–Trinajstić information content (AvgIpc) is 2.94. The number of para-hydroxylation sites is 1. The van der Waals surface area contributed by atoms with E-state index in [1.54, 1.807) is 0 Å². The molecule has 0 amide bonds. The molecular weight excluding hydrogens is 284 g/mol. The van der Waals surface area contributed by atoms with Gasteiger partial charge in [-0.25, -0.2) is 4.98 Å². The number of aromatic nitrogens is 2. The molecule has 1 fully saturated rings. The van der Waals surface area contributed by atoms with Gasteiger partial charge < -0.3 is 9.30 Å². The van der Waals surface area contributed by atoms with Crippen molar-refractivity contribution in [2.24, 2.45) is 0 Å². The molecule has 1 saturated carbocycles. The highest BCUT2D eigenvalue weighted by atomic mass is 16.5. The molecule has 0 radical (unpaired) electrons. The molecule has 1 aliphatic rings. The summed E-state index contributed by atoms with van der Waals surface area (Å²) in [6, 6.07) is 9.01. The fraction of sp³-hybridized carbons (Fsp3) is 0.450. The summed E-state index contributed by atoms with van der Waals surface area (Å²) >= 11 is 0. The zero-order chi connectivity index (χ0) is 15.8. The summed E-state index contributed by atoms with van der Waals surface area (Å²) in [5.74, 6) is 0.785. The molecule has 3 aromatic rings. The van der Waals surface area contributed by atoms with Gasteiger partial charge in [-0.15, -0.1) is 0 Å². The third kappa shape index (κ3) is 2.39. The van der Waals surface area contributed by atoms with Crippen LogP contribution in [0.3, 0.4) is 0 Å². The van der Waals surface area contributed by atoms with Crippen molar-refractivity contribution in [3.63, 3.8) is 0 Å². The Morgan fingerprint density at radius 2 is 1.91 bits per heavy atom. The molecule has 1 aromatic carbocycles. The van der Waals surface area contributed by atoms with E-state index < -0.39 is 0 Å². The molecule has 3 heteroatoms. The summed E-state index contributed by atoms with van der Waals surface area (Å²) in [5.41, 5.74) is 2.32. The van der Waals surface area contributed by atoms with Gasteiger partial charge >= 0.3 is 0 Å². The second kappa shape index (κ2) is 5.88. The fourth-order valence-electron chi connectivity index (χ4n) is 4.04. The third-order valence-corrected chi connectivity index (χ3v) is 5.17. The SMILES string of the molecule is CCOc1nc2ccccc2c2cn(C3CCCCC3)c(C)c12. The topological polar surface area (TPSA) is 27.1 Å². The maximum Gasteiger partial charge on any atom is 0.223 e. The van der Waals surface area contributed by atoms with Gasteiger partial charge in [0.05, 0.1) is 17.5 Å². The molecule has 0 unspecified atom stereocenters. The molecule has 3 nitrogen and oxygen atoms in total. The lowest BCUT2D eigenvalue weighted by atomic mass is 9.95. The lowest BCUT2D eigenvalue weighted by molar-refractivity contribution is 0.331. The Morgan fingerprint density at radius 1 is 1.13 bits per heavy atom. The first-order valence-corrected chi connectivity index (χ1v) is 8.82. The number of aryl methyl sites for hydroxylation is 1. The van der Waals surface area contributed by atoms with Crippen molar-refractivity contribution in [3.8, 4) is 5.88 Å². The Hall–Kier alpha value is -2.03. The summed E-state index contributed by atoms with van der Waals surface area (Å²) in [6.45, 7) is 4.89. The van der Waals surface area contributed by atoms with E-state index in [1.807, 2.05) is 13.0 Å². The maximum atomic E-state index is 5.88. The zero-order valence-corrected chi connectivity index (χ0v) is 14.0. The van der Waals surface area contributed by atoms with E-state index in [4.69, 9.17) is 9.72 Å². The predicted molar refractivity (Wildman–Crippen MR) is 95.3 cm³/mol. The van der Waals surface area contributed by atoms with Crippen LogP contribution in [0.5, 0.6) is 5.88 Å². The van der Waals surface area contributed by atoms with Crippen LogP contribution in [0.15, 0.2) is 30.5 Å². The van der Waals surface area contributed by atoms with E-state index in [0.717, 1.165) is 11.4 Å². The van der Waals surface area contributed by atoms with E-state index in [9.17, 15) is 0 Å².